The Morgan fingerprint density at radius 3 is 2.41 bits per heavy atom. The summed E-state index contributed by atoms with van der Waals surface area (Å²) in [5.41, 5.74) is 0.756. The number of phenolic OH excluding ortho intramolecular Hbond substituents is 1. The first-order valence-corrected chi connectivity index (χ1v) is 17.1. The van der Waals surface area contributed by atoms with Crippen molar-refractivity contribution in [2.24, 2.45) is 23.7 Å². The number of hydrogen-bond acceptors (Lipinski definition) is 8. The van der Waals surface area contributed by atoms with Crippen LogP contribution in [0.1, 0.15) is 48.8 Å². The van der Waals surface area contributed by atoms with Crippen LogP contribution >= 0.6 is 23.2 Å². The molecule has 1 saturated carbocycles. The van der Waals surface area contributed by atoms with Crippen LogP contribution < -0.4 is 10.2 Å². The molecule has 2 N–H and O–H groups in total. The van der Waals surface area contributed by atoms with Gasteiger partial charge in [-0.3, -0.25) is 29.5 Å². The molecule has 4 aliphatic rings. The van der Waals surface area contributed by atoms with Gasteiger partial charge in [-0.2, -0.15) is 18.2 Å². The number of hydrogen-bond donors (Lipinski definition) is 2. The Labute approximate surface area is 300 Å². The first kappa shape index (κ1) is 34.8. The van der Waals surface area contributed by atoms with E-state index in [0.717, 1.165) is 0 Å². The number of phenols is 1. The van der Waals surface area contributed by atoms with E-state index in [1.165, 1.54) is 18.1 Å². The lowest BCUT2D eigenvalue weighted by Crippen LogP contribution is -2.53. The van der Waals surface area contributed by atoms with Gasteiger partial charge in [0.15, 0.2) is 5.82 Å². The number of allylic oxidation sites excluding steroid dienone is 2. The van der Waals surface area contributed by atoms with Gasteiger partial charge in [0.1, 0.15) is 11.5 Å². The molecule has 4 amide bonds. The lowest BCUT2D eigenvalue weighted by molar-refractivity contribution is -0.141. The second-order valence-electron chi connectivity index (χ2n) is 13.1. The fraction of sp³-hybridized carbons (Fsp3) is 0.361. The van der Waals surface area contributed by atoms with Crippen LogP contribution in [0.2, 0.25) is 10.0 Å². The molecule has 3 heterocycles. The average Bonchev–Trinajstić information content (AvgIpc) is 3.46. The van der Waals surface area contributed by atoms with Gasteiger partial charge in [0.2, 0.25) is 11.8 Å². The van der Waals surface area contributed by atoms with E-state index in [1.807, 2.05) is 13.0 Å². The van der Waals surface area contributed by atoms with Crippen LogP contribution in [0.15, 0.2) is 66.4 Å². The van der Waals surface area contributed by atoms with Gasteiger partial charge >= 0.3 is 6.18 Å². The van der Waals surface area contributed by atoms with E-state index >= 15 is 4.79 Å². The number of carbonyl (C=O) groups is 4. The number of aromatic hydroxyl groups is 1. The molecule has 2 aromatic carbocycles. The van der Waals surface area contributed by atoms with Crippen LogP contribution in [0.5, 0.6) is 11.5 Å². The van der Waals surface area contributed by atoms with E-state index in [-0.39, 0.29) is 54.1 Å². The summed E-state index contributed by atoms with van der Waals surface area (Å²) < 4.78 is 46.0. The highest BCUT2D eigenvalue weighted by Crippen LogP contribution is 2.66. The van der Waals surface area contributed by atoms with Gasteiger partial charge in [0, 0.05) is 29.2 Å². The first-order chi connectivity index (χ1) is 24.2. The van der Waals surface area contributed by atoms with E-state index in [0.29, 0.717) is 39.9 Å². The SMILES string of the molecule is CCCN1C(=O)C2CC=C3C(CC4C(=O)N(Nc5ncc(C(F)(F)F)cc5Cl)C(=O)C4(c4ccc(Cl)cc4)C3c3c(O)cccc3OC)C2C1=O. The minimum absolute atomic E-state index is 0.0437. The zero-order valence-electron chi connectivity index (χ0n) is 27.2. The fourth-order valence-corrected chi connectivity index (χ4v) is 8.94. The maximum absolute atomic E-state index is 15.2. The van der Waals surface area contributed by atoms with Crippen molar-refractivity contribution in [1.29, 1.82) is 0 Å². The Balaban J connectivity index is 1.46. The van der Waals surface area contributed by atoms with Gasteiger partial charge in [0.05, 0.1) is 40.9 Å². The second-order valence-corrected chi connectivity index (χ2v) is 14.0. The lowest BCUT2D eigenvalue weighted by atomic mass is 9.49. The summed E-state index contributed by atoms with van der Waals surface area (Å²) in [7, 11) is 1.39. The summed E-state index contributed by atoms with van der Waals surface area (Å²) in [6, 6.07) is 11.5. The maximum Gasteiger partial charge on any atom is 0.417 e. The van der Waals surface area contributed by atoms with Gasteiger partial charge in [-0.25, -0.2) is 4.98 Å². The Kier molecular flexibility index (Phi) is 8.57. The Bertz CT molecular complexity index is 2010. The van der Waals surface area contributed by atoms with Crippen molar-refractivity contribution < 1.29 is 42.2 Å². The first-order valence-electron chi connectivity index (χ1n) is 16.3. The number of fused-ring (bicyclic) bond motifs is 4. The third-order valence-corrected chi connectivity index (χ3v) is 11.2. The molecule has 2 aliphatic carbocycles. The van der Waals surface area contributed by atoms with Crippen molar-refractivity contribution >= 4 is 52.6 Å². The molecule has 0 radical (unpaired) electrons. The van der Waals surface area contributed by atoms with E-state index < -0.39 is 63.6 Å². The minimum Gasteiger partial charge on any atom is -0.508 e. The number of likely N-dealkylation sites (tertiary alicyclic amines) is 1. The van der Waals surface area contributed by atoms with Crippen LogP contribution in [0.25, 0.3) is 0 Å². The number of alkyl halides is 3. The van der Waals surface area contributed by atoms with Crippen molar-refractivity contribution in [1.82, 2.24) is 14.9 Å². The number of methoxy groups -OCH3 is 1. The summed E-state index contributed by atoms with van der Waals surface area (Å²) >= 11 is 12.5. The van der Waals surface area contributed by atoms with Crippen molar-refractivity contribution in [2.45, 2.75) is 43.7 Å². The van der Waals surface area contributed by atoms with Gasteiger partial charge in [-0.05, 0) is 61.1 Å². The summed E-state index contributed by atoms with van der Waals surface area (Å²) in [5.74, 6) is -7.20. The van der Waals surface area contributed by atoms with Crippen LogP contribution in [-0.4, -0.2) is 57.3 Å². The Morgan fingerprint density at radius 1 is 1.04 bits per heavy atom. The third-order valence-electron chi connectivity index (χ3n) is 10.6. The number of nitrogens with one attached hydrogen (secondary N) is 1. The number of nitrogens with zero attached hydrogens (tertiary/aromatic N) is 3. The zero-order valence-corrected chi connectivity index (χ0v) is 28.7. The van der Waals surface area contributed by atoms with Crippen molar-refractivity contribution in [3.8, 4) is 11.5 Å². The van der Waals surface area contributed by atoms with Crippen molar-refractivity contribution in [2.75, 3.05) is 19.1 Å². The quantitative estimate of drug-likeness (QED) is 0.207. The molecule has 15 heteroatoms. The predicted octanol–water partition coefficient (Wildman–Crippen LogP) is 6.52. The van der Waals surface area contributed by atoms with Crippen LogP contribution in [0.3, 0.4) is 0 Å². The summed E-state index contributed by atoms with van der Waals surface area (Å²) in [6.07, 6.45) is -1.70. The molecular formula is C36H31Cl2F3N4O6. The number of benzene rings is 2. The molecule has 51 heavy (non-hydrogen) atoms. The highest BCUT2D eigenvalue weighted by molar-refractivity contribution is 6.33. The highest BCUT2D eigenvalue weighted by Gasteiger charge is 2.71. The lowest BCUT2D eigenvalue weighted by Gasteiger charge is -2.50. The van der Waals surface area contributed by atoms with E-state index in [2.05, 4.69) is 10.4 Å². The monoisotopic (exact) mass is 742 g/mol. The number of halogens is 5. The number of carbonyl (C=O) groups excluding carboxylic acids is 4. The number of pyridine rings is 1. The van der Waals surface area contributed by atoms with E-state index in [9.17, 15) is 32.7 Å². The number of rotatable bonds is 7. The average molecular weight is 744 g/mol. The molecule has 266 valence electrons. The molecule has 2 saturated heterocycles. The molecular weight excluding hydrogens is 712 g/mol. The van der Waals surface area contributed by atoms with Gasteiger partial charge < -0.3 is 9.84 Å². The topological polar surface area (TPSA) is 129 Å². The molecule has 3 fully saturated rings. The highest BCUT2D eigenvalue weighted by atomic mass is 35.5. The Morgan fingerprint density at radius 2 is 1.76 bits per heavy atom. The molecule has 1 aromatic heterocycles. The molecule has 0 spiro atoms. The van der Waals surface area contributed by atoms with Gasteiger partial charge in [-0.15, -0.1) is 0 Å². The summed E-state index contributed by atoms with van der Waals surface area (Å²) in [5, 5.41) is 12.1. The standard InChI is InChI=1S/C36H31Cl2F3N4O6/c1-3-13-44-31(47)21-12-11-20-22(27(21)33(44)49)15-23-32(48)45(43-30-24(38)14-18(16-42-30)36(39,40)41)34(50)35(23,17-7-9-19(37)10-8-17)29(20)28-25(46)5-4-6-26(28)51-2/h4-11,14,16,21-23,27,29,46H,3,12-13,15H2,1-2H3,(H,42,43). The second kappa shape index (κ2) is 12.6. The number of ether oxygens (including phenoxy) is 1. The normalized spacial score (nSPS) is 27.3. The fourth-order valence-electron chi connectivity index (χ4n) is 8.61. The van der Waals surface area contributed by atoms with E-state index in [1.54, 1.807) is 36.4 Å². The summed E-state index contributed by atoms with van der Waals surface area (Å²) in [6.45, 7) is 2.09. The van der Waals surface area contributed by atoms with Crippen molar-refractivity contribution in [3.05, 3.63) is 93.1 Å². The number of amides is 4. The summed E-state index contributed by atoms with van der Waals surface area (Å²) in [4.78, 5) is 62.5. The third kappa shape index (κ3) is 5.18. The number of hydrazine groups is 1. The largest absolute Gasteiger partial charge is 0.508 e. The Hall–Kier alpha value is -4.62. The molecule has 10 nitrogen and oxygen atoms in total. The molecule has 0 bridgehead atoms. The number of aromatic nitrogens is 1. The molecule has 2 aliphatic heterocycles. The van der Waals surface area contributed by atoms with Crippen LogP contribution in [0, 0.1) is 23.7 Å². The molecule has 6 atom stereocenters. The molecule has 3 aromatic rings. The number of imide groups is 2. The minimum atomic E-state index is -4.75. The van der Waals surface area contributed by atoms with Gasteiger partial charge in [0.25, 0.3) is 11.8 Å². The smallest absolute Gasteiger partial charge is 0.417 e. The van der Waals surface area contributed by atoms with Crippen LogP contribution in [-0.2, 0) is 30.8 Å². The maximum atomic E-state index is 15.2. The predicted molar refractivity (Wildman–Crippen MR) is 179 cm³/mol. The molecule has 7 rings (SSSR count). The van der Waals surface area contributed by atoms with Crippen LogP contribution in [0.4, 0.5) is 19.0 Å². The number of anilines is 1. The zero-order chi connectivity index (χ0) is 36.6. The van der Waals surface area contributed by atoms with Gasteiger partial charge in [-0.1, -0.05) is 60.0 Å². The van der Waals surface area contributed by atoms with E-state index in [4.69, 9.17) is 27.9 Å². The van der Waals surface area contributed by atoms with Crippen molar-refractivity contribution in [3.63, 3.8) is 0 Å². The molecule has 6 unspecified atom stereocenters.